The molecule has 32 heavy (non-hydrogen) atoms. The Bertz CT molecular complexity index is 957. The minimum absolute atomic E-state index is 0.0565. The van der Waals surface area contributed by atoms with E-state index in [1.807, 2.05) is 34.2 Å². The van der Waals surface area contributed by atoms with Gasteiger partial charge in [0.1, 0.15) is 0 Å². The number of rotatable bonds is 4. The van der Waals surface area contributed by atoms with Crippen molar-refractivity contribution in [2.45, 2.75) is 50.9 Å². The number of nitrogens with zero attached hydrogens (tertiary/aromatic N) is 3. The number of amides is 3. The molecule has 5 rings (SSSR count). The van der Waals surface area contributed by atoms with Crippen molar-refractivity contribution in [2.75, 3.05) is 31.5 Å². The number of urea groups is 1. The van der Waals surface area contributed by atoms with Gasteiger partial charge in [0.05, 0.1) is 0 Å². The van der Waals surface area contributed by atoms with Gasteiger partial charge in [-0.15, -0.1) is 0 Å². The van der Waals surface area contributed by atoms with Crippen LogP contribution in [0.4, 0.5) is 10.5 Å². The van der Waals surface area contributed by atoms with Crippen molar-refractivity contribution < 1.29 is 9.59 Å². The highest BCUT2D eigenvalue weighted by atomic mass is 16.2. The fourth-order valence-electron chi connectivity index (χ4n) is 5.30. The molecule has 1 aromatic heterocycles. The Balaban J connectivity index is 1.09. The standard InChI is InChI=1S/C26H32N4O2/c1-26(11-3-2-4-12-26)24(31)29-15-21(16-29)19-7-9-23(10-8-19)28-25(32)30-17-22(18-30)20-6-5-13-27-14-20/h5-10,13-14,21-22H,2-4,11-12,15-18H2,1H3,(H,28,32). The van der Waals surface area contributed by atoms with E-state index < -0.39 is 0 Å². The molecule has 168 valence electrons. The lowest BCUT2D eigenvalue weighted by atomic mass is 9.73. The van der Waals surface area contributed by atoms with Gasteiger partial charge >= 0.3 is 6.03 Å². The Morgan fingerprint density at radius 1 is 0.906 bits per heavy atom. The highest BCUT2D eigenvalue weighted by molar-refractivity contribution is 5.90. The van der Waals surface area contributed by atoms with Crippen LogP contribution >= 0.6 is 0 Å². The van der Waals surface area contributed by atoms with Crippen LogP contribution in [-0.2, 0) is 4.79 Å². The van der Waals surface area contributed by atoms with Crippen LogP contribution in [0.25, 0.3) is 0 Å². The Morgan fingerprint density at radius 2 is 1.56 bits per heavy atom. The largest absolute Gasteiger partial charge is 0.341 e. The third-order valence-corrected chi connectivity index (χ3v) is 7.60. The Labute approximate surface area is 190 Å². The number of pyridine rings is 1. The molecule has 3 amide bonds. The summed E-state index contributed by atoms with van der Waals surface area (Å²) in [6, 6.07) is 12.1. The minimum atomic E-state index is -0.149. The van der Waals surface area contributed by atoms with Crippen molar-refractivity contribution >= 4 is 17.6 Å². The molecular weight excluding hydrogens is 400 g/mol. The lowest BCUT2D eigenvalue weighted by Gasteiger charge is -2.45. The summed E-state index contributed by atoms with van der Waals surface area (Å²) in [4.78, 5) is 33.5. The first-order valence-electron chi connectivity index (χ1n) is 11.9. The van der Waals surface area contributed by atoms with Crippen LogP contribution in [0.3, 0.4) is 0 Å². The van der Waals surface area contributed by atoms with E-state index in [1.165, 1.54) is 30.4 Å². The Kier molecular flexibility index (Phi) is 5.62. The molecular formula is C26H32N4O2. The van der Waals surface area contributed by atoms with E-state index in [0.717, 1.165) is 44.7 Å². The average molecular weight is 433 g/mol. The molecule has 3 fully saturated rings. The highest BCUT2D eigenvalue weighted by Gasteiger charge is 2.42. The van der Waals surface area contributed by atoms with Gasteiger partial charge in [-0.25, -0.2) is 4.79 Å². The quantitative estimate of drug-likeness (QED) is 0.767. The first-order valence-corrected chi connectivity index (χ1v) is 11.9. The fraction of sp³-hybridized carbons (Fsp3) is 0.500. The monoisotopic (exact) mass is 432 g/mol. The van der Waals surface area contributed by atoms with E-state index >= 15 is 0 Å². The predicted octanol–water partition coefficient (Wildman–Crippen LogP) is 4.61. The van der Waals surface area contributed by atoms with Gasteiger partial charge in [-0.2, -0.15) is 0 Å². The molecule has 0 radical (unpaired) electrons. The van der Waals surface area contributed by atoms with Gasteiger partial charge in [-0.1, -0.05) is 44.4 Å². The number of carbonyl (C=O) groups excluding carboxylic acids is 2. The maximum Gasteiger partial charge on any atom is 0.321 e. The van der Waals surface area contributed by atoms with Crippen molar-refractivity contribution in [3.63, 3.8) is 0 Å². The SMILES string of the molecule is CC1(C(=O)N2CC(c3ccc(NC(=O)N4CC(c5cccnc5)C4)cc3)C2)CCCCC1. The smallest absolute Gasteiger partial charge is 0.321 e. The van der Waals surface area contributed by atoms with E-state index in [-0.39, 0.29) is 11.4 Å². The summed E-state index contributed by atoms with van der Waals surface area (Å²) < 4.78 is 0. The molecule has 1 N–H and O–H groups in total. The molecule has 3 aliphatic rings. The molecule has 2 aromatic rings. The molecule has 2 aliphatic heterocycles. The fourth-order valence-corrected chi connectivity index (χ4v) is 5.30. The maximum absolute atomic E-state index is 12.9. The molecule has 1 saturated carbocycles. The summed E-state index contributed by atoms with van der Waals surface area (Å²) in [6.07, 6.45) is 9.32. The summed E-state index contributed by atoms with van der Waals surface area (Å²) >= 11 is 0. The Morgan fingerprint density at radius 3 is 2.22 bits per heavy atom. The van der Waals surface area contributed by atoms with E-state index in [2.05, 4.69) is 35.4 Å². The van der Waals surface area contributed by atoms with E-state index in [9.17, 15) is 9.59 Å². The first kappa shape index (κ1) is 21.0. The van der Waals surface area contributed by atoms with E-state index in [4.69, 9.17) is 0 Å². The maximum atomic E-state index is 12.9. The van der Waals surface area contributed by atoms with Gasteiger partial charge in [-0.05, 0) is 42.2 Å². The zero-order chi connectivity index (χ0) is 22.1. The van der Waals surface area contributed by atoms with Crippen LogP contribution in [-0.4, -0.2) is 52.9 Å². The van der Waals surface area contributed by atoms with Crippen molar-refractivity contribution in [1.82, 2.24) is 14.8 Å². The molecule has 6 nitrogen and oxygen atoms in total. The molecule has 6 heteroatoms. The number of nitrogens with one attached hydrogen (secondary N) is 1. The molecule has 1 aromatic carbocycles. The van der Waals surface area contributed by atoms with Crippen LogP contribution in [0.2, 0.25) is 0 Å². The van der Waals surface area contributed by atoms with Gasteiger partial charge in [0.15, 0.2) is 0 Å². The normalized spacial score (nSPS) is 20.9. The van der Waals surface area contributed by atoms with Gasteiger partial charge in [0.2, 0.25) is 5.91 Å². The summed E-state index contributed by atoms with van der Waals surface area (Å²) in [5.41, 5.74) is 3.09. The van der Waals surface area contributed by atoms with Crippen molar-refractivity contribution in [3.8, 4) is 0 Å². The summed E-state index contributed by atoms with van der Waals surface area (Å²) in [7, 11) is 0. The van der Waals surface area contributed by atoms with Crippen LogP contribution in [0.1, 0.15) is 62.0 Å². The number of benzene rings is 1. The molecule has 0 bridgehead atoms. The number of aromatic nitrogens is 1. The van der Waals surface area contributed by atoms with E-state index in [0.29, 0.717) is 17.7 Å². The first-order chi connectivity index (χ1) is 15.5. The second-order valence-corrected chi connectivity index (χ2v) is 9.97. The molecule has 3 heterocycles. The molecule has 2 saturated heterocycles. The van der Waals surface area contributed by atoms with Crippen molar-refractivity contribution in [3.05, 3.63) is 59.9 Å². The van der Waals surface area contributed by atoms with E-state index in [1.54, 1.807) is 6.20 Å². The van der Waals surface area contributed by atoms with Gasteiger partial charge < -0.3 is 15.1 Å². The third kappa shape index (κ3) is 4.10. The number of likely N-dealkylation sites (tertiary alicyclic amines) is 2. The van der Waals surface area contributed by atoms with Crippen LogP contribution in [0.5, 0.6) is 0 Å². The van der Waals surface area contributed by atoms with Crippen molar-refractivity contribution in [2.24, 2.45) is 5.41 Å². The van der Waals surface area contributed by atoms with Crippen LogP contribution in [0, 0.1) is 5.41 Å². The number of hydrogen-bond donors (Lipinski definition) is 1. The lowest BCUT2D eigenvalue weighted by Crippen LogP contribution is -2.54. The molecule has 0 atom stereocenters. The molecule has 0 spiro atoms. The number of anilines is 1. The highest BCUT2D eigenvalue weighted by Crippen LogP contribution is 2.40. The van der Waals surface area contributed by atoms with Crippen molar-refractivity contribution in [1.29, 1.82) is 0 Å². The topological polar surface area (TPSA) is 65.5 Å². The third-order valence-electron chi connectivity index (χ3n) is 7.60. The zero-order valence-electron chi connectivity index (χ0n) is 18.8. The summed E-state index contributed by atoms with van der Waals surface area (Å²) in [5.74, 6) is 1.11. The average Bonchev–Trinajstić information content (AvgIpc) is 2.74. The van der Waals surface area contributed by atoms with Crippen LogP contribution in [0.15, 0.2) is 48.8 Å². The Hall–Kier alpha value is -2.89. The van der Waals surface area contributed by atoms with Crippen LogP contribution < -0.4 is 5.32 Å². The molecule has 0 unspecified atom stereocenters. The zero-order valence-corrected chi connectivity index (χ0v) is 18.8. The van der Waals surface area contributed by atoms with Gasteiger partial charge in [0, 0.05) is 61.5 Å². The number of carbonyl (C=O) groups is 2. The molecule has 1 aliphatic carbocycles. The predicted molar refractivity (Wildman–Crippen MR) is 125 cm³/mol. The summed E-state index contributed by atoms with van der Waals surface area (Å²) in [6.45, 7) is 5.21. The summed E-state index contributed by atoms with van der Waals surface area (Å²) in [5, 5.41) is 3.00. The second kappa shape index (κ2) is 8.57. The van der Waals surface area contributed by atoms with Gasteiger partial charge in [0.25, 0.3) is 0 Å². The number of hydrogen-bond acceptors (Lipinski definition) is 3. The second-order valence-electron chi connectivity index (χ2n) is 9.97. The van der Waals surface area contributed by atoms with Gasteiger partial charge in [-0.3, -0.25) is 9.78 Å². The lowest BCUT2D eigenvalue weighted by molar-refractivity contribution is -0.147. The minimum Gasteiger partial charge on any atom is -0.341 e.